The summed E-state index contributed by atoms with van der Waals surface area (Å²) in [7, 11) is 0. The number of fused-ring (bicyclic) bond motifs is 1. The van der Waals surface area contributed by atoms with Crippen molar-refractivity contribution in [3.8, 4) is 11.5 Å². The maximum Gasteiger partial charge on any atom is 0.237 e. The molecule has 0 saturated carbocycles. The largest absolute Gasteiger partial charge is 0.489 e. The third-order valence-electron chi connectivity index (χ3n) is 5.66. The van der Waals surface area contributed by atoms with Crippen LogP contribution in [0.25, 0.3) is 0 Å². The monoisotopic (exact) mass is 428 g/mol. The number of benzene rings is 3. The number of nitrogens with zero attached hydrogens (tertiary/aromatic N) is 1. The van der Waals surface area contributed by atoms with Crippen molar-refractivity contribution < 1.29 is 14.3 Å². The normalized spacial score (nSPS) is 15.0. The van der Waals surface area contributed by atoms with Gasteiger partial charge in [-0.25, -0.2) is 0 Å². The van der Waals surface area contributed by atoms with Gasteiger partial charge in [-0.15, -0.1) is 6.58 Å². The minimum Gasteiger partial charge on any atom is -0.489 e. The Hall–Kier alpha value is -3.57. The highest BCUT2D eigenvalue weighted by atomic mass is 16.5. The first-order chi connectivity index (χ1) is 15.7. The van der Waals surface area contributed by atoms with Gasteiger partial charge in [0.25, 0.3) is 0 Å². The van der Waals surface area contributed by atoms with Crippen molar-refractivity contribution in [1.29, 1.82) is 0 Å². The smallest absolute Gasteiger partial charge is 0.237 e. The summed E-state index contributed by atoms with van der Waals surface area (Å²) in [6, 6.07) is 23.7. The van der Waals surface area contributed by atoms with Crippen LogP contribution in [0.15, 0.2) is 85.5 Å². The van der Waals surface area contributed by atoms with E-state index in [4.69, 9.17) is 15.2 Å². The summed E-state index contributed by atoms with van der Waals surface area (Å²) in [6.07, 6.45) is 2.49. The molecule has 3 aromatic carbocycles. The summed E-state index contributed by atoms with van der Waals surface area (Å²) in [5, 5.41) is 0. The maximum absolute atomic E-state index is 12.5. The van der Waals surface area contributed by atoms with E-state index in [-0.39, 0.29) is 18.5 Å². The SMILES string of the molecule is C=C[C@@H]1c2c(cc(OCc3ccccc3)cc2OCc2ccccc2)CCN1C(=O)CN. The van der Waals surface area contributed by atoms with Crippen LogP contribution < -0.4 is 15.2 Å². The number of amides is 1. The Morgan fingerprint density at radius 2 is 1.62 bits per heavy atom. The third kappa shape index (κ3) is 4.84. The molecule has 1 aliphatic heterocycles. The number of hydrogen-bond acceptors (Lipinski definition) is 4. The van der Waals surface area contributed by atoms with E-state index in [0.717, 1.165) is 28.0 Å². The fourth-order valence-corrected chi connectivity index (χ4v) is 4.06. The van der Waals surface area contributed by atoms with Crippen LogP contribution in [-0.2, 0) is 24.4 Å². The second kappa shape index (κ2) is 10.2. The molecular formula is C27H28N2O3. The zero-order valence-electron chi connectivity index (χ0n) is 18.1. The fourth-order valence-electron chi connectivity index (χ4n) is 4.06. The molecule has 0 fully saturated rings. The molecule has 0 saturated heterocycles. The summed E-state index contributed by atoms with van der Waals surface area (Å²) in [5.74, 6) is 1.35. The topological polar surface area (TPSA) is 64.8 Å². The zero-order valence-corrected chi connectivity index (χ0v) is 18.1. The van der Waals surface area contributed by atoms with Crippen LogP contribution in [0.4, 0.5) is 0 Å². The molecule has 5 nitrogen and oxygen atoms in total. The van der Waals surface area contributed by atoms with E-state index in [9.17, 15) is 4.79 Å². The molecule has 1 heterocycles. The molecule has 164 valence electrons. The molecule has 1 atom stereocenters. The van der Waals surface area contributed by atoms with E-state index in [0.29, 0.717) is 31.9 Å². The van der Waals surface area contributed by atoms with Crippen LogP contribution in [0.3, 0.4) is 0 Å². The van der Waals surface area contributed by atoms with Gasteiger partial charge in [0.05, 0.1) is 12.6 Å². The summed E-state index contributed by atoms with van der Waals surface area (Å²) in [5.41, 5.74) is 9.88. The van der Waals surface area contributed by atoms with Crippen LogP contribution in [0.2, 0.25) is 0 Å². The summed E-state index contributed by atoms with van der Waals surface area (Å²) >= 11 is 0. The number of carbonyl (C=O) groups is 1. The third-order valence-corrected chi connectivity index (χ3v) is 5.66. The van der Waals surface area contributed by atoms with Crippen molar-refractivity contribution in [2.45, 2.75) is 25.7 Å². The Kier molecular flexibility index (Phi) is 6.87. The molecule has 4 rings (SSSR count). The van der Waals surface area contributed by atoms with E-state index in [1.807, 2.05) is 66.7 Å². The van der Waals surface area contributed by atoms with Crippen LogP contribution >= 0.6 is 0 Å². The zero-order chi connectivity index (χ0) is 22.3. The molecule has 0 unspecified atom stereocenters. The van der Waals surface area contributed by atoms with Gasteiger partial charge in [0.1, 0.15) is 24.7 Å². The average Bonchev–Trinajstić information content (AvgIpc) is 2.86. The van der Waals surface area contributed by atoms with E-state index < -0.39 is 0 Å². The van der Waals surface area contributed by atoms with E-state index in [2.05, 4.69) is 12.6 Å². The van der Waals surface area contributed by atoms with Gasteiger partial charge in [-0.05, 0) is 29.2 Å². The number of nitrogens with two attached hydrogens (primary N) is 1. The highest BCUT2D eigenvalue weighted by molar-refractivity contribution is 5.79. The minimum absolute atomic E-state index is 0.0296. The van der Waals surface area contributed by atoms with Crippen molar-refractivity contribution in [2.24, 2.45) is 5.73 Å². The Labute approximate surface area is 189 Å². The van der Waals surface area contributed by atoms with E-state index >= 15 is 0 Å². The lowest BCUT2D eigenvalue weighted by atomic mass is 9.91. The van der Waals surface area contributed by atoms with Crippen LogP contribution in [0, 0.1) is 0 Å². The lowest BCUT2D eigenvalue weighted by Gasteiger charge is -2.36. The minimum atomic E-state index is -0.288. The highest BCUT2D eigenvalue weighted by Crippen LogP contribution is 2.40. The van der Waals surface area contributed by atoms with Crippen molar-refractivity contribution in [3.63, 3.8) is 0 Å². The molecule has 1 aliphatic rings. The molecule has 0 aromatic heterocycles. The number of ether oxygens (including phenoxy) is 2. The number of carbonyl (C=O) groups excluding carboxylic acids is 1. The quantitative estimate of drug-likeness (QED) is 0.540. The summed E-state index contributed by atoms with van der Waals surface area (Å²) in [4.78, 5) is 14.2. The van der Waals surface area contributed by atoms with Crippen molar-refractivity contribution in [3.05, 3.63) is 108 Å². The second-order valence-corrected chi connectivity index (χ2v) is 7.76. The van der Waals surface area contributed by atoms with Gasteiger partial charge in [-0.3, -0.25) is 4.79 Å². The molecule has 0 aliphatic carbocycles. The van der Waals surface area contributed by atoms with E-state index in [1.165, 1.54) is 0 Å². The number of rotatable bonds is 8. The first kappa shape index (κ1) is 21.7. The molecule has 1 amide bonds. The number of hydrogen-bond donors (Lipinski definition) is 1. The average molecular weight is 429 g/mol. The molecule has 5 heteroatoms. The predicted molar refractivity (Wildman–Crippen MR) is 125 cm³/mol. The van der Waals surface area contributed by atoms with E-state index in [1.54, 1.807) is 11.0 Å². The molecular weight excluding hydrogens is 400 g/mol. The van der Waals surface area contributed by atoms with Gasteiger partial charge in [0.15, 0.2) is 0 Å². The van der Waals surface area contributed by atoms with Crippen LogP contribution in [0.5, 0.6) is 11.5 Å². The molecule has 0 spiro atoms. The molecule has 32 heavy (non-hydrogen) atoms. The molecule has 0 radical (unpaired) electrons. The molecule has 3 aromatic rings. The lowest BCUT2D eigenvalue weighted by Crippen LogP contribution is -2.42. The Morgan fingerprint density at radius 3 is 2.22 bits per heavy atom. The standard InChI is InChI=1S/C27H28N2O3/c1-2-24-27-22(13-14-29(24)26(30)17-28)15-23(31-18-20-9-5-3-6-10-20)16-25(27)32-19-21-11-7-4-8-12-21/h2-12,15-16,24H,1,13-14,17-19,28H2/t24-/m1/s1. The van der Waals surface area contributed by atoms with Gasteiger partial charge in [-0.2, -0.15) is 0 Å². The highest BCUT2D eigenvalue weighted by Gasteiger charge is 2.31. The Bertz CT molecular complexity index is 1070. The van der Waals surface area contributed by atoms with Gasteiger partial charge >= 0.3 is 0 Å². The van der Waals surface area contributed by atoms with Crippen LogP contribution in [-0.4, -0.2) is 23.9 Å². The second-order valence-electron chi connectivity index (χ2n) is 7.76. The molecule has 0 bridgehead atoms. The molecule has 2 N–H and O–H groups in total. The summed E-state index contributed by atoms with van der Waals surface area (Å²) < 4.78 is 12.4. The van der Waals surface area contributed by atoms with Crippen molar-refractivity contribution in [1.82, 2.24) is 4.90 Å². The van der Waals surface area contributed by atoms with Gasteiger partial charge in [0, 0.05) is 18.2 Å². The van der Waals surface area contributed by atoms with Gasteiger partial charge < -0.3 is 20.1 Å². The lowest BCUT2D eigenvalue weighted by molar-refractivity contribution is -0.131. The fraction of sp³-hybridized carbons (Fsp3) is 0.222. The first-order valence-corrected chi connectivity index (χ1v) is 10.8. The van der Waals surface area contributed by atoms with Crippen molar-refractivity contribution in [2.75, 3.05) is 13.1 Å². The first-order valence-electron chi connectivity index (χ1n) is 10.8. The Morgan fingerprint density at radius 1 is 1.00 bits per heavy atom. The van der Waals surface area contributed by atoms with Crippen molar-refractivity contribution >= 4 is 5.91 Å². The maximum atomic E-state index is 12.5. The predicted octanol–water partition coefficient (Wildman–Crippen LogP) is 4.42. The van der Waals surface area contributed by atoms with Gasteiger partial charge in [0.2, 0.25) is 5.91 Å². The Balaban J connectivity index is 1.66. The summed E-state index contributed by atoms with van der Waals surface area (Å²) in [6.45, 7) is 5.43. The van der Waals surface area contributed by atoms with Gasteiger partial charge in [-0.1, -0.05) is 66.7 Å². The van der Waals surface area contributed by atoms with Crippen LogP contribution in [0.1, 0.15) is 28.3 Å².